The minimum atomic E-state index is -0.186. The van der Waals surface area contributed by atoms with Crippen molar-refractivity contribution in [3.05, 3.63) is 42.0 Å². The largest absolute Gasteiger partial charge is 0.497 e. The fraction of sp³-hybridized carbons (Fsp3) is 0.278. The molecule has 0 aliphatic heterocycles. The van der Waals surface area contributed by atoms with Crippen LogP contribution in [0, 0.1) is 6.92 Å². The zero-order chi connectivity index (χ0) is 17.5. The lowest BCUT2D eigenvalue weighted by molar-refractivity contribution is -0.114. The summed E-state index contributed by atoms with van der Waals surface area (Å²) in [7, 11) is 4.72. The Kier molecular flexibility index (Phi) is 5.89. The van der Waals surface area contributed by atoms with Crippen LogP contribution >= 0.6 is 0 Å². The molecule has 6 nitrogen and oxygen atoms in total. The molecule has 0 fully saturated rings. The molecule has 0 saturated heterocycles. The molecule has 0 aromatic heterocycles. The van der Waals surface area contributed by atoms with Crippen molar-refractivity contribution in [2.24, 2.45) is 0 Å². The predicted octanol–water partition coefficient (Wildman–Crippen LogP) is 3.07. The van der Waals surface area contributed by atoms with Crippen LogP contribution in [-0.2, 0) is 4.79 Å². The van der Waals surface area contributed by atoms with Gasteiger partial charge in [-0.2, -0.15) is 0 Å². The third-order valence-corrected chi connectivity index (χ3v) is 3.43. The molecule has 0 radical (unpaired) electrons. The van der Waals surface area contributed by atoms with Crippen molar-refractivity contribution >= 4 is 17.3 Å². The summed E-state index contributed by atoms with van der Waals surface area (Å²) in [5, 5.41) is 5.89. The van der Waals surface area contributed by atoms with Crippen molar-refractivity contribution < 1.29 is 19.0 Å². The number of ether oxygens (including phenoxy) is 3. The van der Waals surface area contributed by atoms with E-state index in [0.717, 1.165) is 11.3 Å². The number of benzene rings is 2. The first kappa shape index (κ1) is 17.5. The van der Waals surface area contributed by atoms with Gasteiger partial charge in [-0.25, -0.2) is 0 Å². The van der Waals surface area contributed by atoms with E-state index in [0.29, 0.717) is 22.9 Å². The summed E-state index contributed by atoms with van der Waals surface area (Å²) in [6.45, 7) is 2.09. The number of carbonyl (C=O) groups excluding carboxylic acids is 1. The van der Waals surface area contributed by atoms with Crippen LogP contribution in [0.5, 0.6) is 17.2 Å². The molecular formula is C18H22N2O4. The highest BCUT2D eigenvalue weighted by Gasteiger charge is 2.08. The van der Waals surface area contributed by atoms with E-state index in [1.807, 2.05) is 25.1 Å². The molecule has 0 heterocycles. The van der Waals surface area contributed by atoms with Crippen LogP contribution < -0.4 is 24.8 Å². The molecule has 24 heavy (non-hydrogen) atoms. The maximum Gasteiger partial charge on any atom is 0.243 e. The number of carbonyl (C=O) groups is 1. The van der Waals surface area contributed by atoms with Gasteiger partial charge in [-0.3, -0.25) is 4.79 Å². The summed E-state index contributed by atoms with van der Waals surface area (Å²) in [6, 6.07) is 10.9. The molecule has 0 saturated carbocycles. The van der Waals surface area contributed by atoms with Crippen molar-refractivity contribution in [2.45, 2.75) is 6.92 Å². The summed E-state index contributed by atoms with van der Waals surface area (Å²) in [4.78, 5) is 12.2. The van der Waals surface area contributed by atoms with Gasteiger partial charge in [-0.1, -0.05) is 6.07 Å². The van der Waals surface area contributed by atoms with Gasteiger partial charge in [-0.05, 0) is 24.6 Å². The quantitative estimate of drug-likeness (QED) is 0.816. The summed E-state index contributed by atoms with van der Waals surface area (Å²) >= 11 is 0. The highest BCUT2D eigenvalue weighted by atomic mass is 16.5. The van der Waals surface area contributed by atoms with Gasteiger partial charge in [0, 0.05) is 23.9 Å². The molecular weight excluding hydrogens is 308 g/mol. The minimum absolute atomic E-state index is 0.110. The molecule has 1 amide bonds. The molecule has 0 atom stereocenters. The highest BCUT2D eigenvalue weighted by Crippen LogP contribution is 2.26. The molecule has 2 N–H and O–H groups in total. The second kappa shape index (κ2) is 8.10. The maximum absolute atomic E-state index is 12.2. The van der Waals surface area contributed by atoms with Crippen molar-refractivity contribution in [2.75, 3.05) is 38.5 Å². The van der Waals surface area contributed by atoms with Gasteiger partial charge >= 0.3 is 0 Å². The van der Waals surface area contributed by atoms with Crippen LogP contribution in [0.3, 0.4) is 0 Å². The predicted molar refractivity (Wildman–Crippen MR) is 94.4 cm³/mol. The number of rotatable bonds is 7. The van der Waals surface area contributed by atoms with E-state index in [1.54, 1.807) is 39.5 Å². The van der Waals surface area contributed by atoms with Gasteiger partial charge in [0.2, 0.25) is 5.91 Å². The summed E-state index contributed by atoms with van der Waals surface area (Å²) in [5.41, 5.74) is 2.46. The zero-order valence-corrected chi connectivity index (χ0v) is 14.3. The van der Waals surface area contributed by atoms with Crippen LogP contribution in [0.15, 0.2) is 36.4 Å². The first-order valence-electron chi connectivity index (χ1n) is 7.47. The average molecular weight is 330 g/mol. The molecule has 2 aromatic rings. The van der Waals surface area contributed by atoms with Gasteiger partial charge in [0.15, 0.2) is 0 Å². The third kappa shape index (κ3) is 4.55. The lowest BCUT2D eigenvalue weighted by Crippen LogP contribution is -2.22. The molecule has 0 aliphatic carbocycles. The van der Waals surface area contributed by atoms with E-state index in [4.69, 9.17) is 14.2 Å². The molecule has 6 heteroatoms. The minimum Gasteiger partial charge on any atom is -0.497 e. The first-order chi connectivity index (χ1) is 11.5. The lowest BCUT2D eigenvalue weighted by atomic mass is 10.2. The number of nitrogens with one attached hydrogen (secondary N) is 2. The fourth-order valence-electron chi connectivity index (χ4n) is 2.22. The number of hydrogen-bond acceptors (Lipinski definition) is 5. The Morgan fingerprint density at radius 2 is 1.62 bits per heavy atom. The van der Waals surface area contributed by atoms with E-state index >= 15 is 0 Å². The van der Waals surface area contributed by atoms with Gasteiger partial charge in [0.05, 0.1) is 33.6 Å². The molecule has 0 bridgehead atoms. The average Bonchev–Trinajstić information content (AvgIpc) is 2.59. The molecule has 2 aromatic carbocycles. The summed E-state index contributed by atoms with van der Waals surface area (Å²) < 4.78 is 15.7. The van der Waals surface area contributed by atoms with Gasteiger partial charge < -0.3 is 24.8 Å². The Morgan fingerprint density at radius 3 is 2.21 bits per heavy atom. The van der Waals surface area contributed by atoms with E-state index in [1.165, 1.54) is 0 Å². The smallest absolute Gasteiger partial charge is 0.243 e. The maximum atomic E-state index is 12.2. The topological polar surface area (TPSA) is 68.8 Å². The monoisotopic (exact) mass is 330 g/mol. The molecule has 0 aliphatic rings. The molecule has 2 rings (SSSR count). The Morgan fingerprint density at radius 1 is 0.958 bits per heavy atom. The van der Waals surface area contributed by atoms with E-state index < -0.39 is 0 Å². The Labute approximate surface area is 141 Å². The van der Waals surface area contributed by atoms with Crippen LogP contribution in [0.25, 0.3) is 0 Å². The van der Waals surface area contributed by atoms with Crippen LogP contribution in [0.2, 0.25) is 0 Å². The zero-order valence-electron chi connectivity index (χ0n) is 14.3. The number of aryl methyl sites for hydroxylation is 1. The number of anilines is 2. The van der Waals surface area contributed by atoms with Gasteiger partial charge in [0.25, 0.3) is 0 Å². The van der Waals surface area contributed by atoms with Crippen molar-refractivity contribution in [3.8, 4) is 17.2 Å². The van der Waals surface area contributed by atoms with Gasteiger partial charge in [-0.15, -0.1) is 0 Å². The van der Waals surface area contributed by atoms with Crippen molar-refractivity contribution in [3.63, 3.8) is 0 Å². The molecule has 0 spiro atoms. The Hall–Kier alpha value is -2.89. The number of hydrogen-bond donors (Lipinski definition) is 2. The van der Waals surface area contributed by atoms with Gasteiger partial charge in [0.1, 0.15) is 17.2 Å². The van der Waals surface area contributed by atoms with Crippen molar-refractivity contribution in [1.29, 1.82) is 0 Å². The first-order valence-corrected chi connectivity index (χ1v) is 7.47. The fourth-order valence-corrected chi connectivity index (χ4v) is 2.22. The van der Waals surface area contributed by atoms with E-state index in [2.05, 4.69) is 10.6 Å². The van der Waals surface area contributed by atoms with Crippen LogP contribution in [0.4, 0.5) is 11.4 Å². The van der Waals surface area contributed by atoms with Crippen LogP contribution in [-0.4, -0.2) is 33.8 Å². The van der Waals surface area contributed by atoms with E-state index in [9.17, 15) is 4.79 Å². The Bertz CT molecular complexity index is 694. The summed E-state index contributed by atoms with van der Waals surface area (Å²) in [6.07, 6.45) is 0. The standard InChI is InChI=1S/C18H22N2O4/c1-12-5-6-17(24-4)16(7-12)19-11-18(21)20-13-8-14(22-2)10-15(9-13)23-3/h5-10,19H,11H2,1-4H3,(H,20,21). The van der Waals surface area contributed by atoms with E-state index in [-0.39, 0.29) is 12.5 Å². The SMILES string of the molecule is COc1cc(NC(=O)CNc2cc(C)ccc2OC)cc(OC)c1. The number of methoxy groups -OCH3 is 3. The number of amides is 1. The second-order valence-corrected chi connectivity index (χ2v) is 5.21. The normalized spacial score (nSPS) is 10.0. The molecule has 0 unspecified atom stereocenters. The molecule has 128 valence electrons. The summed E-state index contributed by atoms with van der Waals surface area (Å²) in [5.74, 6) is 1.72. The second-order valence-electron chi connectivity index (χ2n) is 5.21. The Balaban J connectivity index is 2.02. The third-order valence-electron chi connectivity index (χ3n) is 3.43. The lowest BCUT2D eigenvalue weighted by Gasteiger charge is -2.13. The van der Waals surface area contributed by atoms with Crippen LogP contribution in [0.1, 0.15) is 5.56 Å². The highest BCUT2D eigenvalue weighted by molar-refractivity contribution is 5.94. The van der Waals surface area contributed by atoms with Crippen molar-refractivity contribution in [1.82, 2.24) is 0 Å².